The number of sulfonamides is 1. The van der Waals surface area contributed by atoms with Crippen LogP contribution < -0.4 is 10.5 Å². The predicted octanol–water partition coefficient (Wildman–Crippen LogP) is 2.44. The summed E-state index contributed by atoms with van der Waals surface area (Å²) in [4.78, 5) is 26.1. The van der Waals surface area contributed by atoms with E-state index in [1.54, 1.807) is 54.3 Å². The van der Waals surface area contributed by atoms with Gasteiger partial charge in [-0.05, 0) is 56.5 Å². The van der Waals surface area contributed by atoms with Crippen LogP contribution in [0, 0.1) is 19.8 Å². The number of anilines is 1. The number of carbonyl (C=O) groups is 2. The molecule has 8 heteroatoms. The van der Waals surface area contributed by atoms with Crippen LogP contribution in [0.4, 0.5) is 5.69 Å². The van der Waals surface area contributed by atoms with Gasteiger partial charge in [0.05, 0.1) is 10.6 Å². The molecule has 1 fully saturated rings. The first-order valence-corrected chi connectivity index (χ1v) is 10.9. The highest BCUT2D eigenvalue weighted by molar-refractivity contribution is 7.92. The number of nitrogens with one attached hydrogen (secondary N) is 1. The molecule has 0 aliphatic carbocycles. The Kier molecular flexibility index (Phi) is 5.93. The lowest BCUT2D eigenvalue weighted by Gasteiger charge is -2.31. The Morgan fingerprint density at radius 1 is 1.03 bits per heavy atom. The zero-order valence-corrected chi connectivity index (χ0v) is 17.3. The molecule has 1 saturated heterocycles. The van der Waals surface area contributed by atoms with Crippen molar-refractivity contribution in [2.45, 2.75) is 31.6 Å². The van der Waals surface area contributed by atoms with Crippen LogP contribution >= 0.6 is 0 Å². The molecule has 1 heterocycles. The van der Waals surface area contributed by atoms with Gasteiger partial charge in [0.2, 0.25) is 5.91 Å². The van der Waals surface area contributed by atoms with E-state index in [0.29, 0.717) is 42.7 Å². The molecule has 2 aromatic carbocycles. The minimum atomic E-state index is -3.76. The summed E-state index contributed by atoms with van der Waals surface area (Å²) >= 11 is 0. The van der Waals surface area contributed by atoms with Crippen LogP contribution in [-0.4, -0.2) is 38.2 Å². The van der Waals surface area contributed by atoms with Crippen molar-refractivity contribution in [1.82, 2.24) is 4.90 Å². The molecule has 2 amide bonds. The fraction of sp³-hybridized carbons (Fsp3) is 0.333. The minimum Gasteiger partial charge on any atom is -0.369 e. The molecule has 3 rings (SSSR count). The van der Waals surface area contributed by atoms with E-state index in [-0.39, 0.29) is 22.6 Å². The van der Waals surface area contributed by atoms with Crippen LogP contribution in [0.15, 0.2) is 47.4 Å². The smallest absolute Gasteiger partial charge is 0.261 e. The molecular weight excluding hydrogens is 390 g/mol. The first kappa shape index (κ1) is 20.9. The molecule has 29 heavy (non-hydrogen) atoms. The van der Waals surface area contributed by atoms with Gasteiger partial charge in [-0.25, -0.2) is 8.42 Å². The van der Waals surface area contributed by atoms with Crippen molar-refractivity contribution in [1.29, 1.82) is 0 Å². The fourth-order valence-electron chi connectivity index (χ4n) is 3.44. The first-order chi connectivity index (χ1) is 13.7. The molecular formula is C21H25N3O4S. The largest absolute Gasteiger partial charge is 0.369 e. The number of piperidine rings is 1. The van der Waals surface area contributed by atoms with E-state index >= 15 is 0 Å². The Labute approximate surface area is 171 Å². The van der Waals surface area contributed by atoms with Gasteiger partial charge in [0, 0.05) is 24.6 Å². The molecule has 0 radical (unpaired) electrons. The van der Waals surface area contributed by atoms with E-state index in [1.165, 1.54) is 0 Å². The Balaban J connectivity index is 1.80. The second-order valence-corrected chi connectivity index (χ2v) is 9.05. The molecule has 0 atom stereocenters. The van der Waals surface area contributed by atoms with Crippen molar-refractivity contribution in [3.8, 4) is 0 Å². The highest BCUT2D eigenvalue weighted by Crippen LogP contribution is 2.25. The maximum absolute atomic E-state index is 13.0. The number of primary amides is 1. The number of nitrogens with two attached hydrogens (primary N) is 1. The van der Waals surface area contributed by atoms with Crippen LogP contribution in [0.1, 0.15) is 34.3 Å². The Hall–Kier alpha value is -2.87. The van der Waals surface area contributed by atoms with Crippen molar-refractivity contribution >= 4 is 27.5 Å². The number of hydrogen-bond donors (Lipinski definition) is 2. The molecule has 0 aromatic heterocycles. The lowest BCUT2D eigenvalue weighted by atomic mass is 9.95. The second kappa shape index (κ2) is 8.24. The number of rotatable bonds is 5. The number of carbonyl (C=O) groups excluding carboxylic acids is 2. The second-order valence-electron chi connectivity index (χ2n) is 7.37. The van der Waals surface area contributed by atoms with Crippen molar-refractivity contribution in [2.24, 2.45) is 11.7 Å². The van der Waals surface area contributed by atoms with E-state index in [0.717, 1.165) is 5.56 Å². The summed E-state index contributed by atoms with van der Waals surface area (Å²) in [6.07, 6.45) is 1.08. The molecule has 3 N–H and O–H groups in total. The Bertz CT molecular complexity index is 1020. The quantitative estimate of drug-likeness (QED) is 0.781. The van der Waals surface area contributed by atoms with Crippen LogP contribution in [0.25, 0.3) is 0 Å². The average molecular weight is 416 g/mol. The van der Waals surface area contributed by atoms with Crippen molar-refractivity contribution < 1.29 is 18.0 Å². The molecule has 154 valence electrons. The number of hydrogen-bond acceptors (Lipinski definition) is 4. The average Bonchev–Trinajstić information content (AvgIpc) is 2.69. The van der Waals surface area contributed by atoms with Crippen LogP contribution in [0.3, 0.4) is 0 Å². The minimum absolute atomic E-state index is 0.160. The molecule has 0 saturated carbocycles. The summed E-state index contributed by atoms with van der Waals surface area (Å²) < 4.78 is 28.0. The van der Waals surface area contributed by atoms with Crippen molar-refractivity contribution in [3.05, 3.63) is 59.2 Å². The molecule has 1 aliphatic rings. The predicted molar refractivity (Wildman–Crippen MR) is 111 cm³/mol. The molecule has 0 unspecified atom stereocenters. The van der Waals surface area contributed by atoms with Gasteiger partial charge in [-0.2, -0.15) is 0 Å². The van der Waals surface area contributed by atoms with Gasteiger partial charge in [0.1, 0.15) is 0 Å². The molecule has 0 bridgehead atoms. The lowest BCUT2D eigenvalue weighted by molar-refractivity contribution is -0.123. The first-order valence-electron chi connectivity index (χ1n) is 9.47. The lowest BCUT2D eigenvalue weighted by Crippen LogP contribution is -2.42. The summed E-state index contributed by atoms with van der Waals surface area (Å²) in [7, 11) is -3.76. The number of nitrogens with zero attached hydrogens (tertiary/aromatic N) is 1. The van der Waals surface area contributed by atoms with Gasteiger partial charge in [0.25, 0.3) is 15.9 Å². The summed E-state index contributed by atoms with van der Waals surface area (Å²) in [5, 5.41) is 0. The van der Waals surface area contributed by atoms with E-state index < -0.39 is 10.0 Å². The van der Waals surface area contributed by atoms with E-state index in [2.05, 4.69) is 4.72 Å². The van der Waals surface area contributed by atoms with E-state index in [1.807, 2.05) is 6.92 Å². The third-order valence-electron chi connectivity index (χ3n) is 5.32. The molecule has 0 spiro atoms. The topological polar surface area (TPSA) is 110 Å². The van der Waals surface area contributed by atoms with Crippen LogP contribution in [-0.2, 0) is 14.8 Å². The summed E-state index contributed by atoms with van der Waals surface area (Å²) in [5.74, 6) is -0.713. The zero-order valence-electron chi connectivity index (χ0n) is 16.5. The highest BCUT2D eigenvalue weighted by Gasteiger charge is 2.27. The Morgan fingerprint density at radius 3 is 2.24 bits per heavy atom. The standard InChI is InChI=1S/C21H25N3O4S/c1-14-6-8-17(9-7-14)29(27,28)23-19-5-3-4-18(15(19)2)21(26)24-12-10-16(11-13-24)20(22)25/h3-9,16,23H,10-13H2,1-2H3,(H2,22,25). The zero-order chi connectivity index (χ0) is 21.2. The monoisotopic (exact) mass is 415 g/mol. The number of amides is 2. The summed E-state index contributed by atoms with van der Waals surface area (Å²) in [5.41, 5.74) is 7.68. The summed E-state index contributed by atoms with van der Waals surface area (Å²) in [6, 6.07) is 11.5. The third kappa shape index (κ3) is 4.59. The SMILES string of the molecule is Cc1ccc(S(=O)(=O)Nc2cccc(C(=O)N3CCC(C(N)=O)CC3)c2C)cc1. The van der Waals surface area contributed by atoms with Gasteiger partial charge in [-0.1, -0.05) is 23.8 Å². The number of likely N-dealkylation sites (tertiary alicyclic amines) is 1. The third-order valence-corrected chi connectivity index (χ3v) is 6.71. The highest BCUT2D eigenvalue weighted by atomic mass is 32.2. The maximum Gasteiger partial charge on any atom is 0.261 e. The van der Waals surface area contributed by atoms with Crippen molar-refractivity contribution in [2.75, 3.05) is 17.8 Å². The number of benzene rings is 2. The fourth-order valence-corrected chi connectivity index (χ4v) is 4.56. The number of aryl methyl sites for hydroxylation is 1. The maximum atomic E-state index is 13.0. The molecule has 7 nitrogen and oxygen atoms in total. The van der Waals surface area contributed by atoms with E-state index in [4.69, 9.17) is 5.73 Å². The Morgan fingerprint density at radius 2 is 1.66 bits per heavy atom. The van der Waals surface area contributed by atoms with E-state index in [9.17, 15) is 18.0 Å². The normalized spacial score (nSPS) is 15.2. The van der Waals surface area contributed by atoms with Gasteiger partial charge in [-0.15, -0.1) is 0 Å². The van der Waals surface area contributed by atoms with Crippen LogP contribution in [0.5, 0.6) is 0 Å². The van der Waals surface area contributed by atoms with Crippen molar-refractivity contribution in [3.63, 3.8) is 0 Å². The van der Waals surface area contributed by atoms with Gasteiger partial charge in [-0.3, -0.25) is 14.3 Å². The molecule has 2 aromatic rings. The van der Waals surface area contributed by atoms with Gasteiger partial charge >= 0.3 is 0 Å². The summed E-state index contributed by atoms with van der Waals surface area (Å²) in [6.45, 7) is 4.50. The van der Waals surface area contributed by atoms with Gasteiger partial charge in [0.15, 0.2) is 0 Å². The van der Waals surface area contributed by atoms with Crippen LogP contribution in [0.2, 0.25) is 0 Å². The molecule has 1 aliphatic heterocycles. The van der Waals surface area contributed by atoms with Gasteiger partial charge < -0.3 is 10.6 Å².